The monoisotopic (exact) mass is 553 g/mol. The number of halogens is 1. The molecule has 0 radical (unpaired) electrons. The number of hydrogen-bond donors (Lipinski definition) is 2. The van der Waals surface area contributed by atoms with E-state index in [4.69, 9.17) is 4.74 Å². The van der Waals surface area contributed by atoms with Crippen LogP contribution in [0.3, 0.4) is 0 Å². The molecule has 0 spiro atoms. The highest BCUT2D eigenvalue weighted by atomic mass is 32.2. The molecule has 0 aliphatic rings. The van der Waals surface area contributed by atoms with Crippen LogP contribution < -0.4 is 10.0 Å². The van der Waals surface area contributed by atoms with Gasteiger partial charge in [0.1, 0.15) is 5.82 Å². The lowest BCUT2D eigenvalue weighted by molar-refractivity contribution is 0.0744. The fourth-order valence-electron chi connectivity index (χ4n) is 3.96. The molecule has 2 N–H and O–H groups in total. The van der Waals surface area contributed by atoms with Crippen LogP contribution in [0, 0.1) is 5.82 Å². The number of likely N-dealkylation sites (N-methyl/N-ethyl adjacent to an activating group) is 1. The van der Waals surface area contributed by atoms with Crippen LogP contribution in [-0.2, 0) is 21.3 Å². The summed E-state index contributed by atoms with van der Waals surface area (Å²) in [7, 11) is 0.938. The molecule has 1 heterocycles. The number of fused-ring (bicyclic) bond motifs is 1. The van der Waals surface area contributed by atoms with Gasteiger partial charge in [0.05, 0.1) is 34.5 Å². The average molecular weight is 554 g/mol. The predicted molar refractivity (Wildman–Crippen MR) is 144 cm³/mol. The highest BCUT2D eigenvalue weighted by molar-refractivity contribution is 7.89. The minimum Gasteiger partial charge on any atom is -0.383 e. The fourth-order valence-corrected chi connectivity index (χ4v) is 4.69. The Morgan fingerprint density at radius 2 is 1.77 bits per heavy atom. The topological polar surface area (TPSA) is 123 Å². The van der Waals surface area contributed by atoms with E-state index in [1.165, 1.54) is 48.5 Å². The first-order chi connectivity index (χ1) is 18.6. The molecular weight excluding hydrogens is 525 g/mol. The van der Waals surface area contributed by atoms with E-state index in [0.29, 0.717) is 35.3 Å². The molecular formula is C27H28FN5O5S. The van der Waals surface area contributed by atoms with Crippen LogP contribution in [0.4, 0.5) is 4.39 Å². The smallest absolute Gasteiger partial charge is 0.253 e. The Hall–Kier alpha value is -4.13. The van der Waals surface area contributed by atoms with E-state index in [1.807, 2.05) is 0 Å². The second-order valence-electron chi connectivity index (χ2n) is 8.74. The summed E-state index contributed by atoms with van der Waals surface area (Å²) in [6.07, 6.45) is 1.52. The first-order valence-electron chi connectivity index (χ1n) is 12.0. The first kappa shape index (κ1) is 27.9. The van der Waals surface area contributed by atoms with E-state index in [-0.39, 0.29) is 28.5 Å². The molecule has 3 aromatic carbocycles. The largest absolute Gasteiger partial charge is 0.383 e. The van der Waals surface area contributed by atoms with Gasteiger partial charge in [-0.1, -0.05) is 12.1 Å². The zero-order valence-electron chi connectivity index (χ0n) is 21.6. The summed E-state index contributed by atoms with van der Waals surface area (Å²) < 4.78 is 46.3. The Morgan fingerprint density at radius 1 is 1.08 bits per heavy atom. The Kier molecular flexibility index (Phi) is 8.38. The van der Waals surface area contributed by atoms with Gasteiger partial charge < -0.3 is 15.0 Å². The number of nitrogens with one attached hydrogen (secondary N) is 2. The number of ether oxygens (including phenoxy) is 1. The van der Waals surface area contributed by atoms with Crippen LogP contribution in [0.2, 0.25) is 0 Å². The number of rotatable bonds is 10. The standard InChI is InChI=1S/C27H28FN5O5S/c1-29-39(36,37)22-10-4-18(5-11-22)16-30-26(34)23-14-19(27(35)32(2)12-13-38-3)15-25-24(23)17-31-33(25)21-8-6-20(28)7-9-21/h4-11,14-15,17,29H,12-13,16H2,1-3H3,(H,30,34). The van der Waals surface area contributed by atoms with Crippen LogP contribution in [0.15, 0.2) is 71.8 Å². The van der Waals surface area contributed by atoms with Gasteiger partial charge in [-0.15, -0.1) is 0 Å². The minimum absolute atomic E-state index is 0.110. The lowest BCUT2D eigenvalue weighted by atomic mass is 10.0. The number of benzene rings is 3. The van der Waals surface area contributed by atoms with Crippen LogP contribution in [-0.4, -0.2) is 69.3 Å². The number of carbonyl (C=O) groups is 2. The lowest BCUT2D eigenvalue weighted by Gasteiger charge is -2.18. The van der Waals surface area contributed by atoms with E-state index in [2.05, 4.69) is 15.1 Å². The summed E-state index contributed by atoms with van der Waals surface area (Å²) >= 11 is 0. The van der Waals surface area contributed by atoms with Crippen molar-refractivity contribution in [3.8, 4) is 5.69 Å². The SMILES string of the molecule is CNS(=O)(=O)c1ccc(CNC(=O)c2cc(C(=O)N(C)CCOC)cc3c2cnn3-c2ccc(F)cc2)cc1. The van der Waals surface area contributed by atoms with E-state index < -0.39 is 21.7 Å². The minimum atomic E-state index is -3.57. The molecule has 2 amide bonds. The highest BCUT2D eigenvalue weighted by Crippen LogP contribution is 2.25. The number of amides is 2. The molecule has 0 aliphatic heterocycles. The van der Waals surface area contributed by atoms with Gasteiger partial charge in [0.25, 0.3) is 11.8 Å². The van der Waals surface area contributed by atoms with Gasteiger partial charge >= 0.3 is 0 Å². The van der Waals surface area contributed by atoms with Gasteiger partial charge in [0.15, 0.2) is 0 Å². The summed E-state index contributed by atoms with van der Waals surface area (Å²) in [4.78, 5) is 28.2. The van der Waals surface area contributed by atoms with Crippen LogP contribution in [0.5, 0.6) is 0 Å². The van der Waals surface area contributed by atoms with Crippen molar-refractivity contribution < 1.29 is 27.1 Å². The lowest BCUT2D eigenvalue weighted by Crippen LogP contribution is -2.30. The van der Waals surface area contributed by atoms with Crippen molar-refractivity contribution in [3.63, 3.8) is 0 Å². The third-order valence-corrected chi connectivity index (χ3v) is 7.61. The maximum atomic E-state index is 13.5. The zero-order chi connectivity index (χ0) is 28.2. The highest BCUT2D eigenvalue weighted by Gasteiger charge is 2.21. The van der Waals surface area contributed by atoms with Gasteiger partial charge in [-0.2, -0.15) is 5.10 Å². The van der Waals surface area contributed by atoms with E-state index >= 15 is 0 Å². The van der Waals surface area contributed by atoms with Crippen molar-refractivity contribution in [3.05, 3.63) is 89.4 Å². The number of aromatic nitrogens is 2. The van der Waals surface area contributed by atoms with Crippen LogP contribution in [0.1, 0.15) is 26.3 Å². The third-order valence-electron chi connectivity index (χ3n) is 6.18. The normalized spacial score (nSPS) is 11.5. The fraction of sp³-hybridized carbons (Fsp3) is 0.222. The molecule has 1 aromatic heterocycles. The number of methoxy groups -OCH3 is 1. The maximum absolute atomic E-state index is 13.5. The molecule has 0 saturated carbocycles. The second-order valence-corrected chi connectivity index (χ2v) is 10.6. The number of sulfonamides is 1. The number of hydrogen-bond acceptors (Lipinski definition) is 6. The van der Waals surface area contributed by atoms with Gasteiger partial charge in [-0.25, -0.2) is 22.2 Å². The molecule has 0 unspecified atom stereocenters. The average Bonchev–Trinajstić information content (AvgIpc) is 3.38. The molecule has 0 bridgehead atoms. The van der Waals surface area contributed by atoms with Gasteiger partial charge in [0.2, 0.25) is 10.0 Å². The van der Waals surface area contributed by atoms with Crippen molar-refractivity contribution >= 4 is 32.7 Å². The van der Waals surface area contributed by atoms with Gasteiger partial charge in [-0.05, 0) is 61.1 Å². The third kappa shape index (κ3) is 6.14. The molecule has 12 heteroatoms. The number of carbonyl (C=O) groups excluding carboxylic acids is 2. The second kappa shape index (κ2) is 11.7. The molecule has 0 fully saturated rings. The first-order valence-corrected chi connectivity index (χ1v) is 13.5. The quantitative estimate of drug-likeness (QED) is 0.311. The summed E-state index contributed by atoms with van der Waals surface area (Å²) in [6, 6.07) is 15.0. The summed E-state index contributed by atoms with van der Waals surface area (Å²) in [5.74, 6) is -1.15. The summed E-state index contributed by atoms with van der Waals surface area (Å²) in [5, 5.41) is 7.73. The number of nitrogens with zero attached hydrogens (tertiary/aromatic N) is 3. The molecule has 10 nitrogen and oxygen atoms in total. The molecule has 0 atom stereocenters. The molecule has 0 aliphatic carbocycles. The van der Waals surface area contributed by atoms with Crippen LogP contribution in [0.25, 0.3) is 16.6 Å². The van der Waals surface area contributed by atoms with Gasteiger partial charge in [0, 0.05) is 38.2 Å². The molecule has 39 heavy (non-hydrogen) atoms. The van der Waals surface area contributed by atoms with Crippen molar-refractivity contribution in [1.82, 2.24) is 24.7 Å². The summed E-state index contributed by atoms with van der Waals surface area (Å²) in [5.41, 5.74) is 2.25. The zero-order valence-corrected chi connectivity index (χ0v) is 22.5. The van der Waals surface area contributed by atoms with Crippen molar-refractivity contribution in [1.29, 1.82) is 0 Å². The molecule has 0 saturated heterocycles. The predicted octanol–water partition coefficient (Wildman–Crippen LogP) is 2.72. The molecule has 204 valence electrons. The van der Waals surface area contributed by atoms with E-state index in [1.54, 1.807) is 49.2 Å². The van der Waals surface area contributed by atoms with Gasteiger partial charge in [-0.3, -0.25) is 9.59 Å². The maximum Gasteiger partial charge on any atom is 0.253 e. The summed E-state index contributed by atoms with van der Waals surface area (Å²) in [6.45, 7) is 0.823. The van der Waals surface area contributed by atoms with E-state index in [9.17, 15) is 22.4 Å². The molecule has 4 rings (SSSR count). The Labute approximate surface area is 225 Å². The van der Waals surface area contributed by atoms with Crippen molar-refractivity contribution in [2.24, 2.45) is 0 Å². The molecule has 4 aromatic rings. The Morgan fingerprint density at radius 3 is 2.41 bits per heavy atom. The van der Waals surface area contributed by atoms with Crippen molar-refractivity contribution in [2.75, 3.05) is 34.4 Å². The van der Waals surface area contributed by atoms with E-state index in [0.717, 1.165) is 0 Å². The van der Waals surface area contributed by atoms with Crippen molar-refractivity contribution in [2.45, 2.75) is 11.4 Å². The Balaban J connectivity index is 1.68. The van der Waals surface area contributed by atoms with Crippen LogP contribution >= 0.6 is 0 Å². The Bertz CT molecular complexity index is 1600.